The van der Waals surface area contributed by atoms with Gasteiger partial charge in [-0.3, -0.25) is 0 Å². The number of carboxylic acids is 1. The SMILES string of the molecule is CC(=CC(=O)O)Cn1cncn1. The van der Waals surface area contributed by atoms with Crippen molar-refractivity contribution < 1.29 is 9.90 Å². The second-order valence-corrected chi connectivity index (χ2v) is 2.42. The number of nitrogens with zero attached hydrogens (tertiary/aromatic N) is 3. The highest BCUT2D eigenvalue weighted by molar-refractivity contribution is 5.80. The van der Waals surface area contributed by atoms with Crippen LogP contribution in [0.1, 0.15) is 6.92 Å². The van der Waals surface area contributed by atoms with E-state index in [0.29, 0.717) is 6.54 Å². The molecule has 1 N–H and O–H groups in total. The van der Waals surface area contributed by atoms with Crippen LogP contribution in [0.15, 0.2) is 24.3 Å². The fourth-order valence-corrected chi connectivity index (χ4v) is 0.826. The van der Waals surface area contributed by atoms with Gasteiger partial charge in [-0.05, 0) is 12.5 Å². The first kappa shape index (κ1) is 8.45. The zero-order valence-corrected chi connectivity index (χ0v) is 6.64. The molecule has 0 aromatic carbocycles. The van der Waals surface area contributed by atoms with Gasteiger partial charge in [0.2, 0.25) is 0 Å². The number of aliphatic carboxylic acids is 1. The van der Waals surface area contributed by atoms with Crippen LogP contribution in [0.5, 0.6) is 0 Å². The summed E-state index contributed by atoms with van der Waals surface area (Å²) in [6, 6.07) is 0. The van der Waals surface area contributed by atoms with Gasteiger partial charge in [0, 0.05) is 6.08 Å². The maximum atomic E-state index is 10.2. The van der Waals surface area contributed by atoms with Crippen LogP contribution in [0.4, 0.5) is 0 Å². The monoisotopic (exact) mass is 167 g/mol. The van der Waals surface area contributed by atoms with Gasteiger partial charge in [0.1, 0.15) is 12.7 Å². The summed E-state index contributed by atoms with van der Waals surface area (Å²) in [7, 11) is 0. The molecule has 0 saturated heterocycles. The minimum absolute atomic E-state index is 0.465. The van der Waals surface area contributed by atoms with Gasteiger partial charge in [0.15, 0.2) is 0 Å². The Balaban J connectivity index is 2.58. The molecule has 5 heteroatoms. The molecule has 0 spiro atoms. The van der Waals surface area contributed by atoms with Gasteiger partial charge in [-0.25, -0.2) is 14.5 Å². The average Bonchev–Trinajstić information content (AvgIpc) is 2.37. The fraction of sp³-hybridized carbons (Fsp3) is 0.286. The van der Waals surface area contributed by atoms with Gasteiger partial charge in [0.25, 0.3) is 0 Å². The average molecular weight is 167 g/mol. The minimum atomic E-state index is -0.937. The molecule has 1 aromatic heterocycles. The molecule has 0 unspecified atom stereocenters. The van der Waals surface area contributed by atoms with Crippen LogP contribution in [0.25, 0.3) is 0 Å². The lowest BCUT2D eigenvalue weighted by molar-refractivity contribution is -0.131. The van der Waals surface area contributed by atoms with Crippen LogP contribution >= 0.6 is 0 Å². The van der Waals surface area contributed by atoms with E-state index >= 15 is 0 Å². The van der Waals surface area contributed by atoms with Crippen LogP contribution in [0, 0.1) is 0 Å². The second-order valence-electron chi connectivity index (χ2n) is 2.42. The van der Waals surface area contributed by atoms with Crippen LogP contribution in [0.2, 0.25) is 0 Å². The van der Waals surface area contributed by atoms with Gasteiger partial charge >= 0.3 is 5.97 Å². The number of carbonyl (C=O) groups is 1. The van der Waals surface area contributed by atoms with Crippen molar-refractivity contribution >= 4 is 5.97 Å². The quantitative estimate of drug-likeness (QED) is 0.658. The third-order valence-corrected chi connectivity index (χ3v) is 1.25. The molecule has 0 amide bonds. The second kappa shape index (κ2) is 3.66. The lowest BCUT2D eigenvalue weighted by atomic mass is 10.3. The molecule has 1 aromatic rings. The van der Waals surface area contributed by atoms with E-state index in [1.54, 1.807) is 17.9 Å². The summed E-state index contributed by atoms with van der Waals surface area (Å²) < 4.78 is 1.56. The molecule has 0 radical (unpaired) electrons. The summed E-state index contributed by atoms with van der Waals surface area (Å²) in [5.41, 5.74) is 0.730. The Morgan fingerprint density at radius 2 is 2.50 bits per heavy atom. The number of aromatic nitrogens is 3. The number of allylic oxidation sites excluding steroid dienone is 1. The van der Waals surface area contributed by atoms with Crippen LogP contribution < -0.4 is 0 Å². The Kier molecular flexibility index (Phi) is 2.57. The molecule has 64 valence electrons. The van der Waals surface area contributed by atoms with Crippen molar-refractivity contribution in [2.45, 2.75) is 13.5 Å². The summed E-state index contributed by atoms with van der Waals surface area (Å²) in [5.74, 6) is -0.937. The molecule has 5 nitrogen and oxygen atoms in total. The lowest BCUT2D eigenvalue weighted by Crippen LogP contribution is -2.01. The Bertz CT molecular complexity index is 290. The normalized spacial score (nSPS) is 11.6. The van der Waals surface area contributed by atoms with Crippen LogP contribution in [-0.4, -0.2) is 25.8 Å². The largest absolute Gasteiger partial charge is 0.478 e. The van der Waals surface area contributed by atoms with Crippen LogP contribution in [0.3, 0.4) is 0 Å². The molecule has 0 bridgehead atoms. The highest BCUT2D eigenvalue weighted by Gasteiger charge is 1.95. The highest BCUT2D eigenvalue weighted by atomic mass is 16.4. The van der Waals surface area contributed by atoms with E-state index in [4.69, 9.17) is 5.11 Å². The van der Waals surface area contributed by atoms with Gasteiger partial charge in [-0.1, -0.05) is 0 Å². The standard InChI is InChI=1S/C7H9N3O2/c1-6(2-7(11)12)3-10-5-8-4-9-10/h2,4-5H,3H2,1H3,(H,11,12). The van der Waals surface area contributed by atoms with Crippen molar-refractivity contribution in [2.75, 3.05) is 0 Å². The molecular formula is C7H9N3O2. The van der Waals surface area contributed by atoms with Crippen LogP contribution in [-0.2, 0) is 11.3 Å². The predicted molar refractivity (Wildman–Crippen MR) is 41.4 cm³/mol. The molecule has 0 aliphatic rings. The molecule has 0 saturated carbocycles. The first-order valence-corrected chi connectivity index (χ1v) is 3.41. The Morgan fingerprint density at radius 3 is 3.00 bits per heavy atom. The molecule has 0 aliphatic heterocycles. The summed E-state index contributed by atoms with van der Waals surface area (Å²) >= 11 is 0. The molecular weight excluding hydrogens is 158 g/mol. The van der Waals surface area contributed by atoms with Crippen molar-refractivity contribution in [2.24, 2.45) is 0 Å². The number of hydrogen-bond donors (Lipinski definition) is 1. The maximum absolute atomic E-state index is 10.2. The Hall–Kier alpha value is -1.65. The van der Waals surface area contributed by atoms with Gasteiger partial charge in [-0.2, -0.15) is 5.10 Å². The summed E-state index contributed by atoms with van der Waals surface area (Å²) in [6.07, 6.45) is 4.11. The summed E-state index contributed by atoms with van der Waals surface area (Å²) in [5, 5.41) is 12.2. The zero-order valence-electron chi connectivity index (χ0n) is 6.64. The zero-order chi connectivity index (χ0) is 8.97. The smallest absolute Gasteiger partial charge is 0.328 e. The van der Waals surface area contributed by atoms with Gasteiger partial charge < -0.3 is 5.11 Å². The fourth-order valence-electron chi connectivity index (χ4n) is 0.826. The van der Waals surface area contributed by atoms with E-state index < -0.39 is 5.97 Å². The molecule has 1 heterocycles. The Labute approximate surface area is 69.3 Å². The topological polar surface area (TPSA) is 68.0 Å². The third-order valence-electron chi connectivity index (χ3n) is 1.25. The Morgan fingerprint density at radius 1 is 1.75 bits per heavy atom. The van der Waals surface area contributed by atoms with E-state index in [9.17, 15) is 4.79 Å². The van der Waals surface area contributed by atoms with E-state index in [2.05, 4.69) is 10.1 Å². The van der Waals surface area contributed by atoms with Crippen molar-refractivity contribution in [3.8, 4) is 0 Å². The highest BCUT2D eigenvalue weighted by Crippen LogP contribution is 1.95. The van der Waals surface area contributed by atoms with Crippen molar-refractivity contribution in [3.63, 3.8) is 0 Å². The first-order valence-electron chi connectivity index (χ1n) is 3.41. The van der Waals surface area contributed by atoms with Crippen molar-refractivity contribution in [1.82, 2.24) is 14.8 Å². The lowest BCUT2D eigenvalue weighted by Gasteiger charge is -1.98. The first-order chi connectivity index (χ1) is 5.68. The van der Waals surface area contributed by atoms with E-state index in [1.807, 2.05) is 0 Å². The maximum Gasteiger partial charge on any atom is 0.328 e. The minimum Gasteiger partial charge on any atom is -0.478 e. The van der Waals surface area contributed by atoms with Crippen molar-refractivity contribution in [1.29, 1.82) is 0 Å². The van der Waals surface area contributed by atoms with Gasteiger partial charge in [-0.15, -0.1) is 0 Å². The van der Waals surface area contributed by atoms with Crippen molar-refractivity contribution in [3.05, 3.63) is 24.3 Å². The molecule has 0 aliphatic carbocycles. The number of hydrogen-bond acceptors (Lipinski definition) is 3. The number of carboxylic acid groups (broad SMARTS) is 1. The third kappa shape index (κ3) is 2.53. The molecule has 1 rings (SSSR count). The molecule has 0 atom stereocenters. The summed E-state index contributed by atoms with van der Waals surface area (Å²) in [4.78, 5) is 13.9. The molecule has 12 heavy (non-hydrogen) atoms. The van der Waals surface area contributed by atoms with E-state index in [-0.39, 0.29) is 0 Å². The predicted octanol–water partition coefficient (Wildman–Crippen LogP) is 0.309. The van der Waals surface area contributed by atoms with Gasteiger partial charge in [0.05, 0.1) is 6.54 Å². The number of rotatable bonds is 3. The van der Waals surface area contributed by atoms with E-state index in [0.717, 1.165) is 11.6 Å². The summed E-state index contributed by atoms with van der Waals surface area (Å²) in [6.45, 7) is 2.20. The molecule has 0 fully saturated rings. The van der Waals surface area contributed by atoms with E-state index in [1.165, 1.54) is 6.33 Å².